The number of halogens is 1. The van der Waals surface area contributed by atoms with Crippen LogP contribution in [0.2, 0.25) is 5.02 Å². The molecule has 0 bridgehead atoms. The molecule has 2 rings (SSSR count). The molecule has 2 N–H and O–H groups in total. The molecular formula is C16H22ClNO2. The van der Waals surface area contributed by atoms with E-state index >= 15 is 0 Å². The molecule has 0 radical (unpaired) electrons. The van der Waals surface area contributed by atoms with Crippen molar-refractivity contribution in [1.82, 2.24) is 0 Å². The number of methoxy groups -OCH3 is 1. The number of hydrogen-bond donors (Lipinski definition) is 1. The molecule has 1 aromatic carbocycles. The third kappa shape index (κ3) is 3.53. The number of ketones is 1. The molecule has 0 heterocycles. The van der Waals surface area contributed by atoms with Crippen molar-refractivity contribution in [1.29, 1.82) is 0 Å². The molecule has 0 aromatic heterocycles. The van der Waals surface area contributed by atoms with Crippen LogP contribution < -0.4 is 10.5 Å². The summed E-state index contributed by atoms with van der Waals surface area (Å²) in [5.74, 6) is 1.42. The van der Waals surface area contributed by atoms with Gasteiger partial charge >= 0.3 is 0 Å². The summed E-state index contributed by atoms with van der Waals surface area (Å²) in [7, 11) is 1.61. The molecule has 2 unspecified atom stereocenters. The normalized spacial score (nSPS) is 22.6. The van der Waals surface area contributed by atoms with Gasteiger partial charge in [0.2, 0.25) is 0 Å². The fourth-order valence-electron chi connectivity index (χ4n) is 3.12. The second kappa shape index (κ2) is 7.09. The van der Waals surface area contributed by atoms with Gasteiger partial charge < -0.3 is 10.5 Å². The highest BCUT2D eigenvalue weighted by molar-refractivity contribution is 6.30. The molecule has 20 heavy (non-hydrogen) atoms. The summed E-state index contributed by atoms with van der Waals surface area (Å²) in [5.41, 5.74) is 6.67. The first-order chi connectivity index (χ1) is 9.65. The Labute approximate surface area is 125 Å². The van der Waals surface area contributed by atoms with Crippen molar-refractivity contribution in [3.63, 3.8) is 0 Å². The number of carbonyl (C=O) groups excluding carboxylic acids is 1. The van der Waals surface area contributed by atoms with Gasteiger partial charge in [-0.3, -0.25) is 4.79 Å². The molecule has 2 atom stereocenters. The number of hydrogen-bond acceptors (Lipinski definition) is 3. The van der Waals surface area contributed by atoms with Gasteiger partial charge in [-0.1, -0.05) is 24.4 Å². The Morgan fingerprint density at radius 3 is 2.85 bits per heavy atom. The number of nitrogens with two attached hydrogens (primary N) is 1. The number of rotatable bonds is 5. The maximum Gasteiger partial charge on any atom is 0.140 e. The van der Waals surface area contributed by atoms with Gasteiger partial charge in [0.1, 0.15) is 11.5 Å². The lowest BCUT2D eigenvalue weighted by Gasteiger charge is -2.29. The minimum absolute atomic E-state index is 0.0948. The highest BCUT2D eigenvalue weighted by Crippen LogP contribution is 2.32. The van der Waals surface area contributed by atoms with Crippen molar-refractivity contribution in [3.8, 4) is 5.75 Å². The van der Waals surface area contributed by atoms with Crippen LogP contribution in [0.4, 0.5) is 0 Å². The molecule has 110 valence electrons. The van der Waals surface area contributed by atoms with Gasteiger partial charge in [-0.15, -0.1) is 0 Å². The van der Waals surface area contributed by atoms with Gasteiger partial charge in [0.05, 0.1) is 7.11 Å². The van der Waals surface area contributed by atoms with E-state index in [1.807, 2.05) is 12.1 Å². The van der Waals surface area contributed by atoms with Gasteiger partial charge in [-0.25, -0.2) is 0 Å². The molecule has 0 amide bonds. The molecule has 1 saturated carbocycles. The number of Topliss-reactive ketones (excluding diaryl/α,β-unsaturated/α-hetero) is 1. The van der Waals surface area contributed by atoms with Gasteiger partial charge in [0.15, 0.2) is 0 Å². The Morgan fingerprint density at radius 1 is 1.40 bits per heavy atom. The van der Waals surface area contributed by atoms with E-state index in [-0.39, 0.29) is 11.7 Å². The number of benzene rings is 1. The predicted molar refractivity (Wildman–Crippen MR) is 81.2 cm³/mol. The Hall–Kier alpha value is -1.06. The predicted octanol–water partition coefficient (Wildman–Crippen LogP) is 3.23. The molecule has 0 spiro atoms. The second-order valence-electron chi connectivity index (χ2n) is 5.49. The fourth-order valence-corrected chi connectivity index (χ4v) is 3.31. The van der Waals surface area contributed by atoms with E-state index in [4.69, 9.17) is 22.1 Å². The van der Waals surface area contributed by atoms with E-state index in [2.05, 4.69) is 0 Å². The van der Waals surface area contributed by atoms with E-state index < -0.39 is 0 Å². The molecule has 3 nitrogen and oxygen atoms in total. The standard InChI is InChI=1S/C16H22ClNO2/c1-20-16-7-6-13(17)8-12(16)9-15(19)14-5-3-2-4-11(14)10-18/h6-8,11,14H,2-5,9-10,18H2,1H3. The van der Waals surface area contributed by atoms with Crippen molar-refractivity contribution < 1.29 is 9.53 Å². The number of ether oxygens (including phenoxy) is 1. The van der Waals surface area contributed by atoms with Crippen LogP contribution in [0, 0.1) is 11.8 Å². The van der Waals surface area contributed by atoms with Crippen LogP contribution >= 0.6 is 11.6 Å². The fraction of sp³-hybridized carbons (Fsp3) is 0.562. The zero-order valence-electron chi connectivity index (χ0n) is 11.9. The zero-order chi connectivity index (χ0) is 14.5. The summed E-state index contributed by atoms with van der Waals surface area (Å²) in [6.07, 6.45) is 4.72. The third-order valence-corrected chi connectivity index (χ3v) is 4.47. The Balaban J connectivity index is 2.12. The lowest BCUT2D eigenvalue weighted by atomic mass is 9.76. The van der Waals surface area contributed by atoms with Crippen molar-refractivity contribution in [2.24, 2.45) is 17.6 Å². The van der Waals surface area contributed by atoms with Gasteiger partial charge in [0, 0.05) is 22.9 Å². The average Bonchev–Trinajstić information content (AvgIpc) is 2.47. The van der Waals surface area contributed by atoms with Gasteiger partial charge in [-0.2, -0.15) is 0 Å². The summed E-state index contributed by atoms with van der Waals surface area (Å²) in [6.45, 7) is 0.600. The van der Waals surface area contributed by atoms with E-state index in [0.29, 0.717) is 23.9 Å². The molecule has 1 aliphatic rings. The minimum atomic E-state index is 0.0948. The molecule has 4 heteroatoms. The SMILES string of the molecule is COc1ccc(Cl)cc1CC(=O)C1CCCCC1CN. The highest BCUT2D eigenvalue weighted by atomic mass is 35.5. The summed E-state index contributed by atoms with van der Waals surface area (Å²) < 4.78 is 5.31. The van der Waals surface area contributed by atoms with Crippen LogP contribution in [0.3, 0.4) is 0 Å². The van der Waals surface area contributed by atoms with Crippen molar-refractivity contribution in [3.05, 3.63) is 28.8 Å². The van der Waals surface area contributed by atoms with Crippen molar-refractivity contribution in [2.75, 3.05) is 13.7 Å². The van der Waals surface area contributed by atoms with Crippen LogP contribution in [0.15, 0.2) is 18.2 Å². The van der Waals surface area contributed by atoms with Gasteiger partial charge in [-0.05, 0) is 43.5 Å². The summed E-state index contributed by atoms with van der Waals surface area (Å²) in [4.78, 5) is 12.6. The van der Waals surface area contributed by atoms with Crippen molar-refractivity contribution >= 4 is 17.4 Å². The maximum absolute atomic E-state index is 12.6. The van der Waals surface area contributed by atoms with E-state index in [1.165, 1.54) is 6.42 Å². The summed E-state index contributed by atoms with van der Waals surface area (Å²) >= 11 is 6.01. The molecule has 1 fully saturated rings. The van der Waals surface area contributed by atoms with Crippen molar-refractivity contribution in [2.45, 2.75) is 32.1 Å². The first-order valence-electron chi connectivity index (χ1n) is 7.21. The Bertz CT molecular complexity index is 476. The molecule has 0 saturated heterocycles. The first-order valence-corrected chi connectivity index (χ1v) is 7.58. The lowest BCUT2D eigenvalue weighted by Crippen LogP contribution is -2.33. The number of carbonyl (C=O) groups is 1. The smallest absolute Gasteiger partial charge is 0.140 e. The van der Waals surface area contributed by atoms with Crippen LogP contribution in [0.1, 0.15) is 31.2 Å². The lowest BCUT2D eigenvalue weighted by molar-refractivity contribution is -0.124. The molecule has 1 aliphatic carbocycles. The molecule has 1 aromatic rings. The van der Waals surface area contributed by atoms with Crippen LogP contribution in [0.25, 0.3) is 0 Å². The zero-order valence-corrected chi connectivity index (χ0v) is 12.7. The molecular weight excluding hydrogens is 274 g/mol. The summed E-state index contributed by atoms with van der Waals surface area (Å²) in [5, 5.41) is 0.632. The van der Waals surface area contributed by atoms with Crippen LogP contribution in [-0.4, -0.2) is 19.4 Å². The summed E-state index contributed by atoms with van der Waals surface area (Å²) in [6, 6.07) is 5.41. The van der Waals surface area contributed by atoms with E-state index in [0.717, 1.165) is 30.6 Å². The maximum atomic E-state index is 12.6. The highest BCUT2D eigenvalue weighted by Gasteiger charge is 2.30. The van der Waals surface area contributed by atoms with Gasteiger partial charge in [0.25, 0.3) is 0 Å². The monoisotopic (exact) mass is 295 g/mol. The van der Waals surface area contributed by atoms with Crippen LogP contribution in [-0.2, 0) is 11.2 Å². The second-order valence-corrected chi connectivity index (χ2v) is 5.92. The Kier molecular flexibility index (Phi) is 5.44. The van der Waals surface area contributed by atoms with E-state index in [9.17, 15) is 4.79 Å². The van der Waals surface area contributed by atoms with Crippen LogP contribution in [0.5, 0.6) is 5.75 Å². The average molecular weight is 296 g/mol. The molecule has 0 aliphatic heterocycles. The van der Waals surface area contributed by atoms with E-state index in [1.54, 1.807) is 13.2 Å². The largest absolute Gasteiger partial charge is 0.496 e. The minimum Gasteiger partial charge on any atom is -0.496 e. The third-order valence-electron chi connectivity index (χ3n) is 4.23. The quantitative estimate of drug-likeness (QED) is 0.907. The Morgan fingerprint density at radius 2 is 2.15 bits per heavy atom. The first kappa shape index (κ1) is 15.3. The topological polar surface area (TPSA) is 52.3 Å².